The number of piperidine rings is 1. The number of amides is 1. The monoisotopic (exact) mass is 332 g/mol. The van der Waals surface area contributed by atoms with Gasteiger partial charge >= 0.3 is 0 Å². The summed E-state index contributed by atoms with van der Waals surface area (Å²) < 4.78 is 15.1. The van der Waals surface area contributed by atoms with Gasteiger partial charge in [-0.15, -0.1) is 0 Å². The Bertz CT molecular complexity index is 778. The molecule has 0 bridgehead atoms. The predicted octanol–water partition coefficient (Wildman–Crippen LogP) is 2.82. The third kappa shape index (κ3) is 3.29. The summed E-state index contributed by atoms with van der Waals surface area (Å²) in [6.07, 6.45) is 2.99. The Morgan fingerprint density at radius 2 is 1.92 bits per heavy atom. The molecule has 1 amide bonds. The Labute approximate surface area is 141 Å². The van der Waals surface area contributed by atoms with E-state index in [9.17, 15) is 9.18 Å². The zero-order valence-electron chi connectivity index (χ0n) is 14.9. The topological polar surface area (TPSA) is 58.4 Å². The summed E-state index contributed by atoms with van der Waals surface area (Å²) in [5.74, 6) is -0.595. The Balaban J connectivity index is 1.88. The fraction of sp³-hybridized carbons (Fsp3) is 0.556. The second-order valence-electron chi connectivity index (χ2n) is 8.09. The number of hydrogen-bond acceptors (Lipinski definition) is 3. The van der Waals surface area contributed by atoms with Gasteiger partial charge in [-0.2, -0.15) is 0 Å². The molecule has 0 aliphatic carbocycles. The van der Waals surface area contributed by atoms with E-state index in [1.54, 1.807) is 13.0 Å². The second-order valence-corrected chi connectivity index (χ2v) is 8.09. The highest BCUT2D eigenvalue weighted by molar-refractivity contribution is 5.94. The lowest BCUT2D eigenvalue weighted by atomic mass is 9.79. The number of pyridine rings is 1. The van der Waals surface area contributed by atoms with E-state index in [4.69, 9.17) is 0 Å². The van der Waals surface area contributed by atoms with E-state index in [2.05, 4.69) is 43.3 Å². The van der Waals surface area contributed by atoms with E-state index < -0.39 is 5.82 Å². The molecule has 0 saturated carbocycles. The molecule has 2 aromatic heterocycles. The number of nitrogens with one attached hydrogen (secondary N) is 2. The fourth-order valence-electron chi connectivity index (χ4n) is 4.09. The smallest absolute Gasteiger partial charge is 0.270 e. The number of aryl methyl sites for hydroxylation is 1. The number of carbonyl (C=O) groups is 1. The molecule has 1 fully saturated rings. The van der Waals surface area contributed by atoms with Crippen LogP contribution in [0.4, 0.5) is 4.39 Å². The first-order valence-corrected chi connectivity index (χ1v) is 8.31. The van der Waals surface area contributed by atoms with Crippen LogP contribution in [0.1, 0.15) is 56.7 Å². The average molecular weight is 332 g/mol. The molecule has 1 aliphatic heterocycles. The molecular weight excluding hydrogens is 307 g/mol. The van der Waals surface area contributed by atoms with Crippen LogP contribution in [0.2, 0.25) is 0 Å². The van der Waals surface area contributed by atoms with Crippen molar-refractivity contribution in [1.82, 2.24) is 20.0 Å². The third-order valence-corrected chi connectivity index (χ3v) is 4.50. The first-order chi connectivity index (χ1) is 11.1. The average Bonchev–Trinajstić information content (AvgIpc) is 2.69. The molecule has 0 atom stereocenters. The molecule has 0 aromatic carbocycles. The number of carbonyl (C=O) groups excluding carboxylic acids is 1. The van der Waals surface area contributed by atoms with Crippen LogP contribution in [0.25, 0.3) is 5.65 Å². The summed E-state index contributed by atoms with van der Waals surface area (Å²) >= 11 is 0. The van der Waals surface area contributed by atoms with Gasteiger partial charge in [0.25, 0.3) is 5.91 Å². The van der Waals surface area contributed by atoms with Gasteiger partial charge in [-0.05, 0) is 59.6 Å². The Hall–Kier alpha value is -1.95. The molecule has 5 nitrogen and oxygen atoms in total. The van der Waals surface area contributed by atoms with Gasteiger partial charge in [0, 0.05) is 23.3 Å². The number of imidazole rings is 1. The molecule has 130 valence electrons. The highest BCUT2D eigenvalue weighted by atomic mass is 19.1. The van der Waals surface area contributed by atoms with Gasteiger partial charge in [0.05, 0.1) is 5.69 Å². The van der Waals surface area contributed by atoms with Crippen molar-refractivity contribution in [3.63, 3.8) is 0 Å². The SMILES string of the molecule is Cc1nc2ccc(F)cn2c1C(=O)NC1CC(C)(C)NC(C)(C)C1. The lowest BCUT2D eigenvalue weighted by molar-refractivity contribution is 0.0866. The molecule has 1 saturated heterocycles. The number of hydrogen-bond donors (Lipinski definition) is 2. The molecule has 0 unspecified atom stereocenters. The largest absolute Gasteiger partial charge is 0.348 e. The van der Waals surface area contributed by atoms with Crippen LogP contribution in [0.3, 0.4) is 0 Å². The van der Waals surface area contributed by atoms with Gasteiger partial charge in [-0.25, -0.2) is 9.37 Å². The van der Waals surface area contributed by atoms with Gasteiger partial charge in [0.15, 0.2) is 0 Å². The maximum atomic E-state index is 13.6. The number of aromatic nitrogens is 2. The van der Waals surface area contributed by atoms with Crippen LogP contribution >= 0.6 is 0 Å². The summed E-state index contributed by atoms with van der Waals surface area (Å²) in [5, 5.41) is 6.72. The van der Waals surface area contributed by atoms with Gasteiger partial charge in [0.2, 0.25) is 0 Å². The van der Waals surface area contributed by atoms with E-state index in [1.807, 2.05) is 0 Å². The van der Waals surface area contributed by atoms with Crippen LogP contribution in [-0.4, -0.2) is 32.4 Å². The molecule has 3 heterocycles. The van der Waals surface area contributed by atoms with E-state index in [0.29, 0.717) is 17.0 Å². The van der Waals surface area contributed by atoms with Crippen molar-refractivity contribution in [2.45, 2.75) is 64.6 Å². The van der Waals surface area contributed by atoms with Crippen molar-refractivity contribution in [1.29, 1.82) is 0 Å². The lowest BCUT2D eigenvalue weighted by Crippen LogP contribution is -2.62. The van der Waals surface area contributed by atoms with Crippen molar-refractivity contribution in [2.24, 2.45) is 0 Å². The van der Waals surface area contributed by atoms with Crippen molar-refractivity contribution in [2.75, 3.05) is 0 Å². The zero-order chi connectivity index (χ0) is 17.7. The van der Waals surface area contributed by atoms with Gasteiger partial charge in [0.1, 0.15) is 17.2 Å². The highest BCUT2D eigenvalue weighted by Crippen LogP contribution is 2.28. The Morgan fingerprint density at radius 1 is 1.29 bits per heavy atom. The zero-order valence-corrected chi connectivity index (χ0v) is 14.9. The van der Waals surface area contributed by atoms with E-state index in [0.717, 1.165) is 12.8 Å². The molecule has 1 aliphatic rings. The minimum absolute atomic E-state index is 0.0552. The van der Waals surface area contributed by atoms with Gasteiger partial charge < -0.3 is 10.6 Å². The normalized spacial score (nSPS) is 20.2. The first kappa shape index (κ1) is 16.9. The summed E-state index contributed by atoms with van der Waals surface area (Å²) in [4.78, 5) is 17.2. The van der Waals surface area contributed by atoms with Crippen LogP contribution in [-0.2, 0) is 0 Å². The number of halogens is 1. The quantitative estimate of drug-likeness (QED) is 0.889. The van der Waals surface area contributed by atoms with Crippen LogP contribution in [0.15, 0.2) is 18.3 Å². The number of fused-ring (bicyclic) bond motifs is 1. The molecule has 0 spiro atoms. The Kier molecular flexibility index (Phi) is 3.91. The summed E-state index contributed by atoms with van der Waals surface area (Å²) in [6, 6.07) is 2.99. The van der Waals surface area contributed by atoms with Gasteiger partial charge in [-0.1, -0.05) is 0 Å². The van der Waals surface area contributed by atoms with E-state index in [1.165, 1.54) is 16.7 Å². The minimum Gasteiger partial charge on any atom is -0.348 e. The summed E-state index contributed by atoms with van der Waals surface area (Å²) in [6.45, 7) is 10.3. The molecule has 6 heteroatoms. The molecule has 2 N–H and O–H groups in total. The summed E-state index contributed by atoms with van der Waals surface area (Å²) in [5.41, 5.74) is 1.47. The summed E-state index contributed by atoms with van der Waals surface area (Å²) in [7, 11) is 0. The highest BCUT2D eigenvalue weighted by Gasteiger charge is 2.38. The second kappa shape index (κ2) is 5.55. The maximum absolute atomic E-state index is 13.6. The lowest BCUT2D eigenvalue weighted by Gasteiger charge is -2.46. The van der Waals surface area contributed by atoms with Gasteiger partial charge in [-0.3, -0.25) is 9.20 Å². The number of nitrogens with zero attached hydrogens (tertiary/aromatic N) is 2. The third-order valence-electron chi connectivity index (χ3n) is 4.50. The van der Waals surface area contributed by atoms with Crippen molar-refractivity contribution < 1.29 is 9.18 Å². The number of rotatable bonds is 2. The Morgan fingerprint density at radius 3 is 2.54 bits per heavy atom. The van der Waals surface area contributed by atoms with Crippen molar-refractivity contribution in [3.05, 3.63) is 35.5 Å². The van der Waals surface area contributed by atoms with Crippen molar-refractivity contribution in [3.8, 4) is 0 Å². The molecule has 24 heavy (non-hydrogen) atoms. The molecule has 3 rings (SSSR count). The standard InChI is InChI=1S/C18H25FN4O/c1-11-15(23-10-12(19)6-7-14(23)20-11)16(24)21-13-8-17(2,3)22-18(4,5)9-13/h6-7,10,13,22H,8-9H2,1-5H3,(H,21,24). The first-order valence-electron chi connectivity index (χ1n) is 8.31. The molecular formula is C18H25FN4O. The maximum Gasteiger partial charge on any atom is 0.270 e. The van der Waals surface area contributed by atoms with E-state index in [-0.39, 0.29) is 23.0 Å². The van der Waals surface area contributed by atoms with Crippen molar-refractivity contribution >= 4 is 11.6 Å². The fourth-order valence-corrected chi connectivity index (χ4v) is 4.09. The van der Waals surface area contributed by atoms with Crippen LogP contribution < -0.4 is 10.6 Å². The van der Waals surface area contributed by atoms with Crippen LogP contribution in [0, 0.1) is 12.7 Å². The molecule has 2 aromatic rings. The minimum atomic E-state index is -0.391. The molecule has 0 radical (unpaired) electrons. The predicted molar refractivity (Wildman–Crippen MR) is 91.7 cm³/mol. The van der Waals surface area contributed by atoms with E-state index >= 15 is 0 Å². The van der Waals surface area contributed by atoms with Crippen LogP contribution in [0.5, 0.6) is 0 Å².